The first-order valence-corrected chi connectivity index (χ1v) is 9.10. The second-order valence-electron chi connectivity index (χ2n) is 6.65. The molecule has 8 heteroatoms. The molecule has 142 valence electrons. The molecule has 2 aliphatic heterocycles. The van der Waals surface area contributed by atoms with Crippen molar-refractivity contribution >= 4 is 17.5 Å². The fraction of sp³-hybridized carbons (Fsp3) is 0.421. The zero-order valence-corrected chi connectivity index (χ0v) is 15.0. The number of amides is 2. The molecule has 1 fully saturated rings. The Hall–Kier alpha value is -2.87. The van der Waals surface area contributed by atoms with Gasteiger partial charge in [0.1, 0.15) is 12.3 Å². The minimum Gasteiger partial charge on any atom is -0.482 e. The van der Waals surface area contributed by atoms with E-state index in [1.54, 1.807) is 27.9 Å². The molecule has 8 nitrogen and oxygen atoms in total. The Labute approximate surface area is 157 Å². The number of anilines is 1. The van der Waals surface area contributed by atoms with E-state index in [1.807, 2.05) is 24.4 Å². The van der Waals surface area contributed by atoms with Crippen LogP contribution in [0.1, 0.15) is 6.42 Å². The van der Waals surface area contributed by atoms with E-state index in [0.717, 1.165) is 6.42 Å². The van der Waals surface area contributed by atoms with E-state index < -0.39 is 0 Å². The molecule has 2 amide bonds. The highest BCUT2D eigenvalue weighted by Crippen LogP contribution is 2.31. The number of ether oxygens (including phenoxy) is 2. The molecule has 0 saturated carbocycles. The minimum absolute atomic E-state index is 0.00764. The van der Waals surface area contributed by atoms with E-state index in [2.05, 4.69) is 5.10 Å². The van der Waals surface area contributed by atoms with Crippen molar-refractivity contribution in [1.82, 2.24) is 14.7 Å². The van der Waals surface area contributed by atoms with Gasteiger partial charge in [0, 0.05) is 32.1 Å². The number of benzene rings is 1. The SMILES string of the molecule is O=C(CN1C(=O)COc2ccccc21)N1CCCO[C@H](Cn2cccn2)C1. The van der Waals surface area contributed by atoms with Gasteiger partial charge < -0.3 is 14.4 Å². The van der Waals surface area contributed by atoms with E-state index in [0.29, 0.717) is 37.7 Å². The summed E-state index contributed by atoms with van der Waals surface area (Å²) >= 11 is 0. The molecule has 2 aliphatic rings. The lowest BCUT2D eigenvalue weighted by Gasteiger charge is -2.31. The van der Waals surface area contributed by atoms with E-state index >= 15 is 0 Å². The van der Waals surface area contributed by atoms with Crippen LogP contribution in [0.5, 0.6) is 5.75 Å². The van der Waals surface area contributed by atoms with Gasteiger partial charge in [-0.3, -0.25) is 19.2 Å². The predicted octanol–water partition coefficient (Wildman–Crippen LogP) is 0.926. The molecule has 4 rings (SSSR count). The first-order valence-electron chi connectivity index (χ1n) is 9.10. The van der Waals surface area contributed by atoms with Gasteiger partial charge in [0.25, 0.3) is 5.91 Å². The molecular formula is C19H22N4O4. The molecule has 1 aromatic carbocycles. The number of aromatic nitrogens is 2. The monoisotopic (exact) mass is 370 g/mol. The highest BCUT2D eigenvalue weighted by Gasteiger charge is 2.30. The topological polar surface area (TPSA) is 76.9 Å². The summed E-state index contributed by atoms with van der Waals surface area (Å²) in [5.74, 6) is 0.331. The van der Waals surface area contributed by atoms with Crippen LogP contribution in [0.3, 0.4) is 0 Å². The Balaban J connectivity index is 1.44. The van der Waals surface area contributed by atoms with Crippen LogP contribution in [0.2, 0.25) is 0 Å². The normalized spacial score (nSPS) is 20.0. The van der Waals surface area contributed by atoms with Gasteiger partial charge in [-0.1, -0.05) is 12.1 Å². The maximum Gasteiger partial charge on any atom is 0.265 e. The van der Waals surface area contributed by atoms with Crippen molar-refractivity contribution in [1.29, 1.82) is 0 Å². The van der Waals surface area contributed by atoms with E-state index in [1.165, 1.54) is 4.90 Å². The van der Waals surface area contributed by atoms with Crippen molar-refractivity contribution in [2.45, 2.75) is 19.1 Å². The van der Waals surface area contributed by atoms with Gasteiger partial charge >= 0.3 is 0 Å². The molecule has 0 bridgehead atoms. The predicted molar refractivity (Wildman–Crippen MR) is 97.5 cm³/mol. The molecule has 27 heavy (non-hydrogen) atoms. The van der Waals surface area contributed by atoms with Crippen molar-refractivity contribution in [3.05, 3.63) is 42.7 Å². The Kier molecular flexibility index (Phi) is 5.06. The lowest BCUT2D eigenvalue weighted by molar-refractivity contribution is -0.132. The summed E-state index contributed by atoms with van der Waals surface area (Å²) < 4.78 is 13.1. The number of carbonyl (C=O) groups excluding carboxylic acids is 2. The fourth-order valence-corrected chi connectivity index (χ4v) is 3.41. The number of para-hydroxylation sites is 2. The van der Waals surface area contributed by atoms with Crippen LogP contribution in [0, 0.1) is 0 Å². The minimum atomic E-state index is -0.207. The lowest BCUT2D eigenvalue weighted by atomic mass is 10.2. The van der Waals surface area contributed by atoms with Crippen LogP contribution in [-0.4, -0.2) is 65.4 Å². The van der Waals surface area contributed by atoms with Crippen molar-refractivity contribution in [3.63, 3.8) is 0 Å². The van der Waals surface area contributed by atoms with E-state index in [9.17, 15) is 9.59 Å². The first kappa shape index (κ1) is 17.5. The van der Waals surface area contributed by atoms with Crippen molar-refractivity contribution in [3.8, 4) is 5.75 Å². The van der Waals surface area contributed by atoms with Crippen LogP contribution in [0.25, 0.3) is 0 Å². The molecule has 0 unspecified atom stereocenters. The third kappa shape index (κ3) is 3.95. The van der Waals surface area contributed by atoms with Crippen molar-refractivity contribution in [2.75, 3.05) is 37.7 Å². The highest BCUT2D eigenvalue weighted by molar-refractivity contribution is 6.02. The fourth-order valence-electron chi connectivity index (χ4n) is 3.41. The number of carbonyl (C=O) groups is 2. The van der Waals surface area contributed by atoms with Gasteiger partial charge in [-0.25, -0.2) is 0 Å². The standard InChI is InChI=1S/C19H22N4O4/c24-18(13-23-16-5-1-2-6-17(16)27-14-19(23)25)21-8-4-10-26-15(11-21)12-22-9-3-7-20-22/h1-3,5-7,9,15H,4,8,10-14H2/t15-/m0/s1. The largest absolute Gasteiger partial charge is 0.482 e. The zero-order valence-electron chi connectivity index (χ0n) is 15.0. The number of nitrogens with zero attached hydrogens (tertiary/aromatic N) is 4. The van der Waals surface area contributed by atoms with Gasteiger partial charge in [0.15, 0.2) is 6.61 Å². The maximum absolute atomic E-state index is 12.9. The molecule has 1 saturated heterocycles. The molecule has 0 radical (unpaired) electrons. The number of fused-ring (bicyclic) bond motifs is 1. The average molecular weight is 370 g/mol. The van der Waals surface area contributed by atoms with Gasteiger partial charge in [-0.2, -0.15) is 5.10 Å². The second kappa shape index (κ2) is 7.79. The molecule has 1 aromatic heterocycles. The first-order chi connectivity index (χ1) is 13.2. The Morgan fingerprint density at radius 2 is 2.15 bits per heavy atom. The summed E-state index contributed by atoms with van der Waals surface area (Å²) in [5, 5.41) is 4.21. The molecule has 1 atom stereocenters. The van der Waals surface area contributed by atoms with Gasteiger partial charge in [-0.05, 0) is 24.6 Å². The smallest absolute Gasteiger partial charge is 0.265 e. The second-order valence-corrected chi connectivity index (χ2v) is 6.65. The summed E-state index contributed by atoms with van der Waals surface area (Å²) in [6.07, 6.45) is 4.25. The summed E-state index contributed by atoms with van der Waals surface area (Å²) in [6, 6.07) is 9.14. The van der Waals surface area contributed by atoms with Gasteiger partial charge in [0.2, 0.25) is 5.91 Å². The Bertz CT molecular complexity index is 808. The van der Waals surface area contributed by atoms with Crippen LogP contribution in [0.15, 0.2) is 42.7 Å². The maximum atomic E-state index is 12.9. The van der Waals surface area contributed by atoms with Crippen LogP contribution >= 0.6 is 0 Å². The van der Waals surface area contributed by atoms with Crippen molar-refractivity contribution < 1.29 is 19.1 Å². The van der Waals surface area contributed by atoms with Gasteiger partial charge in [0.05, 0.1) is 18.3 Å². The number of hydrogen-bond acceptors (Lipinski definition) is 5. The van der Waals surface area contributed by atoms with E-state index in [4.69, 9.17) is 9.47 Å². The molecule has 2 aromatic rings. The molecule has 3 heterocycles. The molecule has 0 N–H and O–H groups in total. The summed E-state index contributed by atoms with van der Waals surface area (Å²) in [5.41, 5.74) is 0.640. The van der Waals surface area contributed by atoms with Crippen LogP contribution < -0.4 is 9.64 Å². The third-order valence-electron chi connectivity index (χ3n) is 4.75. The van der Waals surface area contributed by atoms with Crippen LogP contribution in [-0.2, 0) is 20.9 Å². The van der Waals surface area contributed by atoms with Crippen LogP contribution in [0.4, 0.5) is 5.69 Å². The van der Waals surface area contributed by atoms with Gasteiger partial charge in [-0.15, -0.1) is 0 Å². The molecular weight excluding hydrogens is 348 g/mol. The van der Waals surface area contributed by atoms with Crippen molar-refractivity contribution in [2.24, 2.45) is 0 Å². The lowest BCUT2D eigenvalue weighted by Crippen LogP contribution is -2.48. The number of hydrogen-bond donors (Lipinski definition) is 0. The highest BCUT2D eigenvalue weighted by atomic mass is 16.5. The quantitative estimate of drug-likeness (QED) is 0.800. The summed E-state index contributed by atoms with van der Waals surface area (Å²) in [6.45, 7) is 2.27. The number of rotatable bonds is 4. The zero-order chi connectivity index (χ0) is 18.6. The summed E-state index contributed by atoms with van der Waals surface area (Å²) in [4.78, 5) is 28.5. The van der Waals surface area contributed by atoms with E-state index in [-0.39, 0.29) is 31.1 Å². The molecule has 0 aliphatic carbocycles. The summed E-state index contributed by atoms with van der Waals surface area (Å²) in [7, 11) is 0. The Morgan fingerprint density at radius 3 is 3.00 bits per heavy atom. The Morgan fingerprint density at radius 1 is 1.26 bits per heavy atom. The average Bonchev–Trinajstić information content (AvgIpc) is 3.07. The molecule has 0 spiro atoms. The third-order valence-corrected chi connectivity index (χ3v) is 4.75.